The Labute approximate surface area is 376 Å². The summed E-state index contributed by atoms with van der Waals surface area (Å²) in [6.45, 7) is 26.5. The molecule has 4 unspecified atom stereocenters. The van der Waals surface area contributed by atoms with Gasteiger partial charge in [-0.15, -0.1) is 22.1 Å². The normalized spacial score (nSPS) is 17.2. The van der Waals surface area contributed by atoms with Gasteiger partial charge in [-0.1, -0.05) is 134 Å². The zero-order valence-electron chi connectivity index (χ0n) is 38.7. The van der Waals surface area contributed by atoms with E-state index in [2.05, 4.69) is 87.1 Å². The van der Waals surface area contributed by atoms with E-state index in [0.717, 1.165) is 115 Å². The maximum atomic E-state index is 13.7. The Kier molecular flexibility index (Phi) is 16.8. The molecule has 0 fully saturated rings. The summed E-state index contributed by atoms with van der Waals surface area (Å²) < 4.78 is 5.78. The van der Waals surface area contributed by atoms with Crippen LogP contribution < -0.4 is 9.97 Å². The van der Waals surface area contributed by atoms with Crippen LogP contribution in [0.15, 0.2) is 36.4 Å². The van der Waals surface area contributed by atoms with Gasteiger partial charge in [-0.25, -0.2) is 4.98 Å². The van der Waals surface area contributed by atoms with Gasteiger partial charge in [0.15, 0.2) is 5.78 Å². The van der Waals surface area contributed by atoms with Gasteiger partial charge in [0.25, 0.3) is 0 Å². The van der Waals surface area contributed by atoms with E-state index in [9.17, 15) is 9.59 Å². The summed E-state index contributed by atoms with van der Waals surface area (Å²) in [6.07, 6.45) is 17.3. The smallest absolute Gasteiger partial charge is 0.657 e. The van der Waals surface area contributed by atoms with Gasteiger partial charge in [0.1, 0.15) is 6.61 Å². The Morgan fingerprint density at radius 2 is 1.54 bits per heavy atom. The SMILES string of the molecule is C=Cc1c(C)c2cc3nc(c4c5[n-]c(cc6nc(cc1[n-]2)C(C)=C6CC)c(C)c5C(=O)C4)C(CCC(=O)OC/C=C(\C)CCCC(C)CCCC(C)CCCC(C)C)C3C.[Cu+2]. The molecule has 0 amide bonds. The maximum absolute atomic E-state index is 13.7. The van der Waals surface area contributed by atoms with Crippen molar-refractivity contribution in [1.82, 2.24) is 19.9 Å². The van der Waals surface area contributed by atoms with Gasteiger partial charge >= 0.3 is 23.0 Å². The number of aryl methyl sites for hydroxylation is 2. The first-order valence-corrected chi connectivity index (χ1v) is 23.0. The van der Waals surface area contributed by atoms with Crippen LogP contribution in [-0.2, 0) is 33.0 Å². The second kappa shape index (κ2) is 21.4. The van der Waals surface area contributed by atoms with Crippen molar-refractivity contribution in [2.45, 2.75) is 165 Å². The average molecular weight is 875 g/mol. The Hall–Kier alpha value is -4.00. The number of hydrogen-bond acceptors (Lipinski definition) is 5. The molecule has 7 nitrogen and oxygen atoms in total. The number of fused-ring (bicyclic) bond motifs is 8. The van der Waals surface area contributed by atoms with Gasteiger partial charge in [-0.05, 0) is 99.5 Å². The van der Waals surface area contributed by atoms with Crippen molar-refractivity contribution in [1.29, 1.82) is 0 Å². The molecule has 8 bridgehead atoms. The summed E-state index contributed by atoms with van der Waals surface area (Å²) in [5.41, 5.74) is 14.6. The van der Waals surface area contributed by atoms with Crippen LogP contribution in [0, 0.1) is 31.6 Å². The van der Waals surface area contributed by atoms with E-state index in [0.29, 0.717) is 12.0 Å². The molecule has 0 saturated heterocycles. The van der Waals surface area contributed by atoms with E-state index in [1.807, 2.05) is 19.1 Å². The average Bonchev–Trinajstić information content (AvgIpc) is 3.95. The molecule has 1 aliphatic carbocycles. The first-order chi connectivity index (χ1) is 28.7. The van der Waals surface area contributed by atoms with Gasteiger partial charge in [0.05, 0.1) is 11.4 Å². The number of hydrogen-bond donors (Lipinski definition) is 0. The molecule has 0 N–H and O–H groups in total. The van der Waals surface area contributed by atoms with E-state index in [1.165, 1.54) is 50.5 Å². The van der Waals surface area contributed by atoms with E-state index in [1.54, 1.807) is 0 Å². The third-order valence-corrected chi connectivity index (χ3v) is 13.7. The predicted octanol–water partition coefficient (Wildman–Crippen LogP) is 13.5. The summed E-state index contributed by atoms with van der Waals surface area (Å²) in [6, 6.07) is 6.17. The molecule has 5 heterocycles. The molecule has 0 saturated carbocycles. The van der Waals surface area contributed by atoms with Crippen molar-refractivity contribution in [3.63, 3.8) is 0 Å². The number of nitrogens with zero attached hydrogens (tertiary/aromatic N) is 4. The van der Waals surface area contributed by atoms with Gasteiger partial charge in [0, 0.05) is 41.6 Å². The van der Waals surface area contributed by atoms with Crippen molar-refractivity contribution >= 4 is 51.0 Å². The van der Waals surface area contributed by atoms with Crippen molar-refractivity contribution in [3.05, 3.63) is 87.0 Å². The van der Waals surface area contributed by atoms with Gasteiger partial charge in [-0.2, -0.15) is 0 Å². The second-order valence-electron chi connectivity index (χ2n) is 18.8. The number of carbonyl (C=O) groups is 2. The number of carbonyl (C=O) groups excluding carboxylic acids is 2. The maximum Gasteiger partial charge on any atom is 2.00 e. The fraction of sp³-hybridized carbons (Fsp3) is 0.547. The van der Waals surface area contributed by atoms with Crippen LogP contribution in [0.3, 0.4) is 0 Å². The monoisotopic (exact) mass is 873 g/mol. The number of ketones is 1. The van der Waals surface area contributed by atoms with Crippen LogP contribution in [0.2, 0.25) is 0 Å². The summed E-state index contributed by atoms with van der Waals surface area (Å²) in [5.74, 6) is 2.15. The van der Waals surface area contributed by atoms with Crippen LogP contribution in [0.4, 0.5) is 0 Å². The number of allylic oxidation sites excluding steroid dienone is 3. The standard InChI is InChI=1S/C53H71N4O3.Cu/c1-12-39-35(8)43-28-45-37(10)41(23-24-50(59)60-26-25-34(7)22-16-21-33(6)20-15-19-32(5)18-14-17-31(3)4)52(56-45)42-27-49(58)51-38(11)46(57-53(42)51)30-48-40(13-2)36(9)44(55-48)29-47(39)54-43;/h12,25,28-33,37,41H,1,13-24,26-27H2,2-11H3,(H-,54,55,56,57,58);/q-1;+2/p-1/b34-25+;. The van der Waals surface area contributed by atoms with Gasteiger partial charge < -0.3 is 14.7 Å². The number of esters is 1. The molecule has 8 heteroatoms. The van der Waals surface area contributed by atoms with Crippen molar-refractivity contribution in [2.75, 3.05) is 6.61 Å². The number of aromatic nitrogens is 4. The first kappa shape index (κ1) is 48.0. The van der Waals surface area contributed by atoms with Crippen molar-refractivity contribution in [3.8, 4) is 0 Å². The molecule has 6 rings (SSSR count). The molecule has 331 valence electrons. The predicted molar refractivity (Wildman–Crippen MR) is 249 cm³/mol. The Morgan fingerprint density at radius 3 is 2.21 bits per heavy atom. The quantitative estimate of drug-likeness (QED) is 0.0672. The van der Waals surface area contributed by atoms with Crippen molar-refractivity contribution < 1.29 is 31.4 Å². The van der Waals surface area contributed by atoms with Crippen LogP contribution >= 0.6 is 0 Å². The molecule has 0 spiro atoms. The summed E-state index contributed by atoms with van der Waals surface area (Å²) in [4.78, 5) is 47.6. The molecule has 3 aliphatic rings. The van der Waals surface area contributed by atoms with Gasteiger partial charge in [-0.3, -0.25) is 14.6 Å². The molecule has 61 heavy (non-hydrogen) atoms. The molecule has 0 aromatic carbocycles. The summed E-state index contributed by atoms with van der Waals surface area (Å²) in [7, 11) is 0. The number of rotatable bonds is 19. The Morgan fingerprint density at radius 1 is 0.885 bits per heavy atom. The molecular formula is C53H70CuN4O3. The molecule has 2 aliphatic heterocycles. The topological polar surface area (TPSA) is 97.4 Å². The van der Waals surface area contributed by atoms with Crippen LogP contribution in [0.5, 0.6) is 0 Å². The fourth-order valence-electron chi connectivity index (χ4n) is 9.70. The minimum atomic E-state index is -0.214. The zero-order valence-corrected chi connectivity index (χ0v) is 39.6. The minimum Gasteiger partial charge on any atom is -0.657 e. The third-order valence-electron chi connectivity index (χ3n) is 13.7. The van der Waals surface area contributed by atoms with Crippen LogP contribution in [-0.4, -0.2) is 28.3 Å². The van der Waals surface area contributed by atoms with Crippen LogP contribution in [0.25, 0.3) is 39.3 Å². The Balaban J connectivity index is 0.00000704. The number of Topliss-reactive ketones (excluding diaryl/α,β-unsaturated/α-hetero) is 1. The fourth-order valence-corrected chi connectivity index (χ4v) is 9.70. The van der Waals surface area contributed by atoms with E-state index >= 15 is 0 Å². The first-order valence-electron chi connectivity index (χ1n) is 23.0. The van der Waals surface area contributed by atoms with Gasteiger partial charge in [0.2, 0.25) is 0 Å². The van der Waals surface area contributed by atoms with Crippen LogP contribution in [0.1, 0.15) is 200 Å². The number of ether oxygens (including phenoxy) is 1. The molecular weight excluding hydrogens is 804 g/mol. The molecule has 4 atom stereocenters. The molecule has 3 aromatic heterocycles. The third kappa shape index (κ3) is 11.2. The largest absolute Gasteiger partial charge is 2.00 e. The van der Waals surface area contributed by atoms with E-state index in [-0.39, 0.29) is 60.1 Å². The second-order valence-corrected chi connectivity index (χ2v) is 18.8. The summed E-state index contributed by atoms with van der Waals surface area (Å²) in [5, 5.41) is 0. The van der Waals surface area contributed by atoms with E-state index in [4.69, 9.17) is 24.7 Å². The molecule has 1 radical (unpaired) electrons. The molecule has 3 aromatic rings. The zero-order chi connectivity index (χ0) is 43.2. The van der Waals surface area contributed by atoms with E-state index < -0.39 is 0 Å². The Bertz CT molecular complexity index is 2320. The van der Waals surface area contributed by atoms with Crippen molar-refractivity contribution in [2.24, 2.45) is 17.8 Å². The minimum absolute atomic E-state index is 0. The summed E-state index contributed by atoms with van der Waals surface area (Å²) >= 11 is 0.